The quantitative estimate of drug-likeness (QED) is 0.271. The number of anilines is 2. The molecule has 1 aliphatic heterocycles. The Balaban J connectivity index is 1.45. The molecule has 162 valence electrons. The van der Waals surface area contributed by atoms with Crippen LogP contribution in [0.1, 0.15) is 34.3 Å². The van der Waals surface area contributed by atoms with Gasteiger partial charge in [0.15, 0.2) is 5.65 Å². The lowest BCUT2D eigenvalue weighted by Crippen LogP contribution is -2.22. The molecule has 2 fully saturated rings. The number of nitrogens with zero attached hydrogens (tertiary/aromatic N) is 4. The van der Waals surface area contributed by atoms with E-state index in [1.807, 2.05) is 0 Å². The summed E-state index contributed by atoms with van der Waals surface area (Å²) in [4.78, 5) is 43.3. The number of hydrogen-bond acceptors (Lipinski definition) is 8. The zero-order valence-electron chi connectivity index (χ0n) is 16.6. The van der Waals surface area contributed by atoms with Crippen molar-refractivity contribution in [3.05, 3.63) is 52.8 Å². The van der Waals surface area contributed by atoms with Crippen LogP contribution in [0.4, 0.5) is 16.7 Å². The fraction of sp³-hybridized carbons (Fsp3) is 0.200. The maximum atomic E-state index is 11.9. The van der Waals surface area contributed by atoms with Gasteiger partial charge in [-0.05, 0) is 36.6 Å². The number of benzene rings is 1. The molecule has 32 heavy (non-hydrogen) atoms. The van der Waals surface area contributed by atoms with Crippen LogP contribution < -0.4 is 21.3 Å². The SMILES string of the molecule is O=C1NC(=O)/C(=C/c2cnn3c(NC4CC4)nc(NCc4ccc(C(=O)O)cc4)nc23)N1. The van der Waals surface area contributed by atoms with Crippen LogP contribution >= 0.6 is 0 Å². The van der Waals surface area contributed by atoms with Gasteiger partial charge in [-0.25, -0.2) is 9.59 Å². The third-order valence-electron chi connectivity index (χ3n) is 4.98. The lowest BCUT2D eigenvalue weighted by Gasteiger charge is -2.10. The van der Waals surface area contributed by atoms with Gasteiger partial charge < -0.3 is 21.1 Å². The fourth-order valence-corrected chi connectivity index (χ4v) is 3.16. The summed E-state index contributed by atoms with van der Waals surface area (Å²) in [6.45, 7) is 0.377. The van der Waals surface area contributed by atoms with Crippen molar-refractivity contribution >= 4 is 41.5 Å². The molecule has 3 heterocycles. The number of carboxylic acids is 1. The number of aromatic nitrogens is 4. The van der Waals surface area contributed by atoms with Crippen LogP contribution in [0.3, 0.4) is 0 Å². The van der Waals surface area contributed by atoms with Crippen LogP contribution in [0.25, 0.3) is 11.7 Å². The molecule has 3 aromatic rings. The van der Waals surface area contributed by atoms with Crippen molar-refractivity contribution in [2.45, 2.75) is 25.4 Å². The highest BCUT2D eigenvalue weighted by Crippen LogP contribution is 2.25. The van der Waals surface area contributed by atoms with Crippen molar-refractivity contribution < 1.29 is 19.5 Å². The first-order chi connectivity index (χ1) is 15.5. The molecule has 0 atom stereocenters. The van der Waals surface area contributed by atoms with Crippen molar-refractivity contribution in [1.29, 1.82) is 0 Å². The van der Waals surface area contributed by atoms with E-state index in [2.05, 4.69) is 36.3 Å². The van der Waals surface area contributed by atoms with Crippen molar-refractivity contribution in [2.75, 3.05) is 10.6 Å². The summed E-state index contributed by atoms with van der Waals surface area (Å²) in [6, 6.07) is 6.23. The van der Waals surface area contributed by atoms with Crippen molar-refractivity contribution in [3.8, 4) is 0 Å². The highest BCUT2D eigenvalue weighted by atomic mass is 16.4. The normalized spacial score (nSPS) is 16.8. The van der Waals surface area contributed by atoms with Crippen LogP contribution in [0.5, 0.6) is 0 Å². The van der Waals surface area contributed by atoms with E-state index in [9.17, 15) is 14.4 Å². The zero-order valence-corrected chi connectivity index (χ0v) is 16.6. The minimum atomic E-state index is -0.983. The smallest absolute Gasteiger partial charge is 0.335 e. The number of carbonyl (C=O) groups excluding carboxylic acids is 2. The average Bonchev–Trinajstić information content (AvgIpc) is 3.41. The molecule has 3 amide bonds. The van der Waals surface area contributed by atoms with Gasteiger partial charge in [-0.2, -0.15) is 19.6 Å². The molecule has 0 bridgehead atoms. The summed E-state index contributed by atoms with van der Waals surface area (Å²) in [5.74, 6) is -0.666. The molecule has 1 aliphatic carbocycles. The summed E-state index contributed by atoms with van der Waals surface area (Å²) in [6.07, 6.45) is 5.12. The maximum absolute atomic E-state index is 11.9. The molecule has 1 saturated heterocycles. The molecule has 0 spiro atoms. The number of imide groups is 1. The van der Waals surface area contributed by atoms with Gasteiger partial charge in [0.25, 0.3) is 5.91 Å². The number of aromatic carboxylic acids is 1. The number of hydrogen-bond donors (Lipinski definition) is 5. The highest BCUT2D eigenvalue weighted by molar-refractivity contribution is 6.14. The monoisotopic (exact) mass is 434 g/mol. The molecule has 2 aromatic heterocycles. The molecular formula is C20H18N8O4. The predicted molar refractivity (Wildman–Crippen MR) is 113 cm³/mol. The standard InChI is InChI=1S/C20H18N8O4/c29-16-14(24-20(32)26-16)7-12-9-22-28-15(12)25-18(27-19(28)23-13-5-6-13)21-8-10-1-3-11(4-2-10)17(30)31/h1-4,7,9,13H,5-6,8H2,(H,30,31)(H2,21,23,25,27)(H2,24,26,29,32)/b14-7-. The van der Waals surface area contributed by atoms with Crippen molar-refractivity contribution in [2.24, 2.45) is 0 Å². The van der Waals surface area contributed by atoms with E-state index in [-0.39, 0.29) is 11.3 Å². The number of amides is 3. The summed E-state index contributed by atoms with van der Waals surface area (Å²) < 4.78 is 1.55. The maximum Gasteiger partial charge on any atom is 0.335 e. The molecular weight excluding hydrogens is 416 g/mol. The second-order valence-corrected chi connectivity index (χ2v) is 7.45. The van der Waals surface area contributed by atoms with Crippen LogP contribution in [-0.2, 0) is 11.3 Å². The van der Waals surface area contributed by atoms with Crippen molar-refractivity contribution in [1.82, 2.24) is 30.2 Å². The van der Waals surface area contributed by atoms with Crippen molar-refractivity contribution in [3.63, 3.8) is 0 Å². The summed E-state index contributed by atoms with van der Waals surface area (Å²) >= 11 is 0. The van der Waals surface area contributed by atoms with Crippen LogP contribution in [-0.4, -0.2) is 48.6 Å². The predicted octanol–water partition coefficient (Wildman–Crippen LogP) is 1.19. The third kappa shape index (κ3) is 3.93. The number of carboxylic acid groups (broad SMARTS) is 1. The van der Waals surface area contributed by atoms with Gasteiger partial charge >= 0.3 is 12.0 Å². The van der Waals surface area contributed by atoms with E-state index in [0.717, 1.165) is 18.4 Å². The first-order valence-corrected chi connectivity index (χ1v) is 9.89. The van der Waals surface area contributed by atoms with E-state index < -0.39 is 17.9 Å². The number of nitrogens with one attached hydrogen (secondary N) is 4. The van der Waals surface area contributed by atoms with Crippen LogP contribution in [0, 0.1) is 0 Å². The van der Waals surface area contributed by atoms with E-state index in [1.165, 1.54) is 18.2 Å². The van der Waals surface area contributed by atoms with Gasteiger partial charge in [0.2, 0.25) is 11.9 Å². The largest absolute Gasteiger partial charge is 0.478 e. The molecule has 12 nitrogen and oxygen atoms in total. The number of fused-ring (bicyclic) bond motifs is 1. The minimum Gasteiger partial charge on any atom is -0.478 e. The van der Waals surface area contributed by atoms with E-state index in [0.29, 0.717) is 35.7 Å². The second kappa shape index (κ2) is 7.65. The lowest BCUT2D eigenvalue weighted by atomic mass is 10.1. The molecule has 0 unspecified atom stereocenters. The van der Waals surface area contributed by atoms with Crippen LogP contribution in [0.15, 0.2) is 36.2 Å². The molecule has 5 N–H and O–H groups in total. The molecule has 12 heteroatoms. The third-order valence-corrected chi connectivity index (χ3v) is 4.98. The summed E-state index contributed by atoms with van der Waals surface area (Å²) in [5.41, 5.74) is 2.16. The minimum absolute atomic E-state index is 0.105. The fourth-order valence-electron chi connectivity index (χ4n) is 3.16. The van der Waals surface area contributed by atoms with Gasteiger partial charge in [0.05, 0.1) is 11.8 Å². The Morgan fingerprint density at radius 1 is 1.19 bits per heavy atom. The Kier molecular flexibility index (Phi) is 4.66. The first-order valence-electron chi connectivity index (χ1n) is 9.89. The zero-order chi connectivity index (χ0) is 22.2. The Bertz CT molecular complexity index is 1280. The average molecular weight is 434 g/mol. The molecule has 5 rings (SSSR count). The molecule has 2 aliphatic rings. The first kappa shape index (κ1) is 19.5. The van der Waals surface area contributed by atoms with Gasteiger partial charge in [-0.15, -0.1) is 0 Å². The number of urea groups is 1. The Morgan fingerprint density at radius 3 is 2.62 bits per heavy atom. The van der Waals surface area contributed by atoms with E-state index >= 15 is 0 Å². The summed E-state index contributed by atoms with van der Waals surface area (Å²) in [7, 11) is 0. The van der Waals surface area contributed by atoms with E-state index in [1.54, 1.807) is 22.8 Å². The van der Waals surface area contributed by atoms with Gasteiger partial charge in [0, 0.05) is 18.2 Å². The Morgan fingerprint density at radius 2 is 1.97 bits per heavy atom. The second-order valence-electron chi connectivity index (χ2n) is 7.45. The topological polar surface area (TPSA) is 163 Å². The summed E-state index contributed by atoms with van der Waals surface area (Å²) in [5, 5.41) is 24.4. The molecule has 0 radical (unpaired) electrons. The van der Waals surface area contributed by atoms with Gasteiger partial charge in [-0.3, -0.25) is 10.1 Å². The molecule has 1 aromatic carbocycles. The van der Waals surface area contributed by atoms with E-state index in [4.69, 9.17) is 5.11 Å². The lowest BCUT2D eigenvalue weighted by molar-refractivity contribution is -0.115. The van der Waals surface area contributed by atoms with Crippen LogP contribution in [0.2, 0.25) is 0 Å². The highest BCUT2D eigenvalue weighted by Gasteiger charge is 2.26. The number of rotatable bonds is 7. The number of carbonyl (C=O) groups is 3. The Labute approximate surface area is 180 Å². The van der Waals surface area contributed by atoms with Gasteiger partial charge in [0.1, 0.15) is 5.70 Å². The molecule has 1 saturated carbocycles. The Hall–Kier alpha value is -4.48. The van der Waals surface area contributed by atoms with Gasteiger partial charge in [-0.1, -0.05) is 12.1 Å².